The smallest absolute Gasteiger partial charge is 0.255 e. The summed E-state index contributed by atoms with van der Waals surface area (Å²) in [6.07, 6.45) is 2.31. The molecule has 3 rings (SSSR count). The first-order valence-corrected chi connectivity index (χ1v) is 12.2. The zero-order chi connectivity index (χ0) is 24.5. The molecule has 0 heterocycles. The van der Waals surface area contributed by atoms with Crippen molar-refractivity contribution in [2.75, 3.05) is 22.6 Å². The van der Waals surface area contributed by atoms with Crippen LogP contribution in [0.4, 0.5) is 15.8 Å². The largest absolute Gasteiger partial charge is 0.340 e. The maximum absolute atomic E-state index is 13.4. The van der Waals surface area contributed by atoms with Crippen molar-refractivity contribution in [1.29, 1.82) is 0 Å². The number of benzene rings is 3. The number of thioether (sulfide) groups is 1. The van der Waals surface area contributed by atoms with Crippen LogP contribution in [0.15, 0.2) is 72.8 Å². The van der Waals surface area contributed by atoms with Crippen LogP contribution in [0.2, 0.25) is 5.02 Å². The first-order chi connectivity index (χ1) is 16.4. The molecule has 0 saturated carbocycles. The molecular weight excluding hydrogens is 477 g/mol. The fraction of sp³-hybridized carbons (Fsp3) is 0.160. The zero-order valence-electron chi connectivity index (χ0n) is 18.3. The van der Waals surface area contributed by atoms with E-state index in [1.165, 1.54) is 24.3 Å². The molecule has 1 unspecified atom stereocenters. The van der Waals surface area contributed by atoms with Crippen molar-refractivity contribution in [3.63, 3.8) is 0 Å². The predicted molar refractivity (Wildman–Crippen MR) is 135 cm³/mol. The standard InChI is InChI=1S/C25H23ClFN3O3S/c1-34-13-12-22(30-24(32)20-10-2-3-11-21(20)26)25(33)29-18-8-4-6-16(14-18)23(31)28-19-9-5-7-17(27)15-19/h2-11,14-15,22H,12-13H2,1H3,(H,28,31)(H,29,33)(H,30,32). The van der Waals surface area contributed by atoms with Gasteiger partial charge in [-0.1, -0.05) is 35.9 Å². The van der Waals surface area contributed by atoms with Crippen molar-refractivity contribution in [3.05, 3.63) is 94.8 Å². The second-order valence-electron chi connectivity index (χ2n) is 7.32. The molecule has 0 aromatic heterocycles. The number of rotatable bonds is 9. The van der Waals surface area contributed by atoms with E-state index < -0.39 is 29.6 Å². The van der Waals surface area contributed by atoms with Gasteiger partial charge in [0, 0.05) is 16.9 Å². The molecule has 3 aromatic carbocycles. The molecule has 0 spiro atoms. The van der Waals surface area contributed by atoms with Gasteiger partial charge in [0.25, 0.3) is 11.8 Å². The van der Waals surface area contributed by atoms with E-state index in [0.29, 0.717) is 28.6 Å². The Morgan fingerprint density at radius 3 is 2.32 bits per heavy atom. The summed E-state index contributed by atoms with van der Waals surface area (Å²) in [7, 11) is 0. The summed E-state index contributed by atoms with van der Waals surface area (Å²) >= 11 is 7.66. The quantitative estimate of drug-likeness (QED) is 0.376. The molecule has 176 valence electrons. The van der Waals surface area contributed by atoms with Crippen LogP contribution < -0.4 is 16.0 Å². The Kier molecular flexibility index (Phi) is 9.07. The average Bonchev–Trinajstić information content (AvgIpc) is 2.82. The lowest BCUT2D eigenvalue weighted by atomic mass is 10.1. The first kappa shape index (κ1) is 25.3. The van der Waals surface area contributed by atoms with Gasteiger partial charge in [0.1, 0.15) is 11.9 Å². The van der Waals surface area contributed by atoms with Gasteiger partial charge in [-0.25, -0.2) is 4.39 Å². The molecule has 34 heavy (non-hydrogen) atoms. The van der Waals surface area contributed by atoms with E-state index in [9.17, 15) is 18.8 Å². The average molecular weight is 500 g/mol. The first-order valence-electron chi connectivity index (χ1n) is 10.4. The second-order valence-corrected chi connectivity index (χ2v) is 8.71. The maximum atomic E-state index is 13.4. The van der Waals surface area contributed by atoms with Crippen LogP contribution >= 0.6 is 23.4 Å². The van der Waals surface area contributed by atoms with Crippen molar-refractivity contribution < 1.29 is 18.8 Å². The molecule has 3 aromatic rings. The van der Waals surface area contributed by atoms with E-state index in [1.807, 2.05) is 6.26 Å². The number of amides is 3. The van der Waals surface area contributed by atoms with Crippen molar-refractivity contribution >= 4 is 52.5 Å². The molecule has 0 fully saturated rings. The minimum Gasteiger partial charge on any atom is -0.340 e. The summed E-state index contributed by atoms with van der Waals surface area (Å²) in [5.74, 6) is -1.13. The monoisotopic (exact) mass is 499 g/mol. The number of carbonyl (C=O) groups is 3. The third-order valence-electron chi connectivity index (χ3n) is 4.83. The highest BCUT2D eigenvalue weighted by molar-refractivity contribution is 7.98. The maximum Gasteiger partial charge on any atom is 0.255 e. The van der Waals surface area contributed by atoms with Gasteiger partial charge in [0.15, 0.2) is 0 Å². The van der Waals surface area contributed by atoms with Gasteiger partial charge >= 0.3 is 0 Å². The molecule has 0 aliphatic rings. The molecule has 9 heteroatoms. The highest BCUT2D eigenvalue weighted by atomic mass is 35.5. The molecular formula is C25H23ClFN3O3S. The lowest BCUT2D eigenvalue weighted by Gasteiger charge is -2.19. The summed E-state index contributed by atoms with van der Waals surface area (Å²) in [5, 5.41) is 8.40. The summed E-state index contributed by atoms with van der Waals surface area (Å²) < 4.78 is 13.4. The normalized spacial score (nSPS) is 11.4. The van der Waals surface area contributed by atoms with Gasteiger partial charge in [-0.2, -0.15) is 11.8 Å². The molecule has 0 radical (unpaired) electrons. The van der Waals surface area contributed by atoms with Gasteiger partial charge < -0.3 is 16.0 Å². The van der Waals surface area contributed by atoms with Crippen LogP contribution in [0.5, 0.6) is 0 Å². The Morgan fingerprint density at radius 2 is 1.62 bits per heavy atom. The Labute approximate surface area is 206 Å². The fourth-order valence-electron chi connectivity index (χ4n) is 3.12. The van der Waals surface area contributed by atoms with Gasteiger partial charge in [0.05, 0.1) is 10.6 Å². The van der Waals surface area contributed by atoms with E-state index in [2.05, 4.69) is 16.0 Å². The van der Waals surface area contributed by atoms with Crippen LogP contribution in [0.3, 0.4) is 0 Å². The second kappa shape index (κ2) is 12.2. The lowest BCUT2D eigenvalue weighted by Crippen LogP contribution is -2.44. The van der Waals surface area contributed by atoms with Gasteiger partial charge in [-0.15, -0.1) is 0 Å². The highest BCUT2D eigenvalue weighted by Gasteiger charge is 2.22. The predicted octanol–water partition coefficient (Wildman–Crippen LogP) is 5.22. The SMILES string of the molecule is CSCCC(NC(=O)c1ccccc1Cl)C(=O)Nc1cccc(C(=O)Nc2cccc(F)c2)c1. The summed E-state index contributed by atoms with van der Waals surface area (Å²) in [6, 6.07) is 17.7. The number of anilines is 2. The molecule has 1 atom stereocenters. The van der Waals surface area contributed by atoms with Gasteiger partial charge in [0.2, 0.25) is 5.91 Å². The van der Waals surface area contributed by atoms with E-state index in [1.54, 1.807) is 60.3 Å². The summed E-state index contributed by atoms with van der Waals surface area (Å²) in [5.41, 5.74) is 1.27. The van der Waals surface area contributed by atoms with Crippen LogP contribution in [0.25, 0.3) is 0 Å². The Morgan fingerprint density at radius 1 is 0.912 bits per heavy atom. The van der Waals surface area contributed by atoms with Gasteiger partial charge in [-0.05, 0) is 67.0 Å². The van der Waals surface area contributed by atoms with Crippen molar-refractivity contribution in [2.24, 2.45) is 0 Å². The highest BCUT2D eigenvalue weighted by Crippen LogP contribution is 2.17. The van der Waals surface area contributed by atoms with Crippen molar-refractivity contribution in [1.82, 2.24) is 5.32 Å². The molecule has 0 aliphatic carbocycles. The zero-order valence-corrected chi connectivity index (χ0v) is 19.9. The number of halogens is 2. The summed E-state index contributed by atoms with van der Waals surface area (Å²) in [6.45, 7) is 0. The van der Waals surface area contributed by atoms with Crippen LogP contribution in [-0.4, -0.2) is 35.8 Å². The molecule has 0 bridgehead atoms. The fourth-order valence-corrected chi connectivity index (χ4v) is 3.82. The third kappa shape index (κ3) is 7.07. The van der Waals surface area contributed by atoms with E-state index in [4.69, 9.17) is 11.6 Å². The van der Waals surface area contributed by atoms with Gasteiger partial charge in [-0.3, -0.25) is 14.4 Å². The summed E-state index contributed by atoms with van der Waals surface area (Å²) in [4.78, 5) is 38.2. The Hall–Kier alpha value is -3.36. The topological polar surface area (TPSA) is 87.3 Å². The van der Waals surface area contributed by atoms with Crippen LogP contribution in [0, 0.1) is 5.82 Å². The minimum absolute atomic E-state index is 0.280. The molecule has 0 aliphatic heterocycles. The van der Waals surface area contributed by atoms with E-state index >= 15 is 0 Å². The van der Waals surface area contributed by atoms with Crippen molar-refractivity contribution in [2.45, 2.75) is 12.5 Å². The Balaban J connectivity index is 1.70. The number of hydrogen-bond acceptors (Lipinski definition) is 4. The third-order valence-corrected chi connectivity index (χ3v) is 5.80. The van der Waals surface area contributed by atoms with Crippen molar-refractivity contribution in [3.8, 4) is 0 Å². The van der Waals surface area contributed by atoms with E-state index in [-0.39, 0.29) is 11.1 Å². The molecule has 3 amide bonds. The molecule has 3 N–H and O–H groups in total. The number of hydrogen-bond donors (Lipinski definition) is 3. The number of nitrogens with one attached hydrogen (secondary N) is 3. The molecule has 6 nitrogen and oxygen atoms in total. The minimum atomic E-state index is -0.805. The molecule has 0 saturated heterocycles. The van der Waals surface area contributed by atoms with Crippen LogP contribution in [-0.2, 0) is 4.79 Å². The number of carbonyl (C=O) groups excluding carboxylic acids is 3. The van der Waals surface area contributed by atoms with E-state index in [0.717, 1.165) is 0 Å². The Bertz CT molecular complexity index is 1190. The lowest BCUT2D eigenvalue weighted by molar-refractivity contribution is -0.118. The van der Waals surface area contributed by atoms with Crippen LogP contribution in [0.1, 0.15) is 27.1 Å².